The van der Waals surface area contributed by atoms with Gasteiger partial charge in [-0.25, -0.2) is 0 Å². The topological polar surface area (TPSA) is 0 Å². The molecular weight excluding hydrogens is 267 g/mol. The number of hydrogen-bond donors (Lipinski definition) is 0. The first-order chi connectivity index (χ1) is 9.32. The molecule has 0 spiro atoms. The van der Waals surface area contributed by atoms with Crippen LogP contribution in [0.5, 0.6) is 0 Å². The van der Waals surface area contributed by atoms with Gasteiger partial charge in [0.2, 0.25) is 0 Å². The van der Waals surface area contributed by atoms with Gasteiger partial charge in [-0.3, -0.25) is 0 Å². The summed E-state index contributed by atoms with van der Waals surface area (Å²) >= 11 is 6.20. The van der Waals surface area contributed by atoms with Crippen molar-refractivity contribution in [2.45, 2.75) is 6.42 Å². The molecule has 0 nitrogen and oxygen atoms in total. The Balaban J connectivity index is 2.20. The zero-order chi connectivity index (χ0) is 13.1. The molecule has 0 N–H and O–H groups in total. The molecule has 0 saturated carbocycles. The van der Waals surface area contributed by atoms with Gasteiger partial charge in [0.05, 0.1) is 0 Å². The normalized spacial score (nSPS) is 14.4. The summed E-state index contributed by atoms with van der Waals surface area (Å²) in [7, 11) is 0. The van der Waals surface area contributed by atoms with E-state index in [9.17, 15) is 0 Å². The first-order valence-corrected chi connectivity index (χ1v) is 9.19. The molecule has 0 atom stereocenters. The fourth-order valence-corrected chi connectivity index (χ4v) is 6.37. The highest BCUT2D eigenvalue weighted by Crippen LogP contribution is 2.54. The largest absolute Gasteiger partial charge is 0.0829 e. The van der Waals surface area contributed by atoms with Gasteiger partial charge in [0, 0.05) is 6.04 Å². The van der Waals surface area contributed by atoms with Crippen molar-refractivity contribution < 1.29 is 0 Å². The van der Waals surface area contributed by atoms with Gasteiger partial charge in [-0.2, -0.15) is 0 Å². The van der Waals surface area contributed by atoms with E-state index in [1.807, 2.05) is 0 Å². The van der Waals surface area contributed by atoms with E-state index < -0.39 is 6.04 Å². The van der Waals surface area contributed by atoms with Crippen molar-refractivity contribution in [3.63, 3.8) is 0 Å². The van der Waals surface area contributed by atoms with Crippen LogP contribution in [-0.4, -0.2) is 0 Å². The van der Waals surface area contributed by atoms with Crippen LogP contribution in [0.25, 0.3) is 0 Å². The number of rotatable bonds is 3. The summed E-state index contributed by atoms with van der Waals surface area (Å²) in [5.74, 6) is 0. The summed E-state index contributed by atoms with van der Waals surface area (Å²) in [6, 6.07) is 19.3. The fraction of sp³-hybridized carbons (Fsp3) is 0.0588. The van der Waals surface area contributed by atoms with Gasteiger partial charge in [-0.05, 0) is 22.3 Å². The van der Waals surface area contributed by atoms with E-state index in [-0.39, 0.29) is 0 Å². The number of allylic oxidation sites excluding steroid dienone is 4. The predicted molar refractivity (Wildman–Crippen MR) is 88.3 cm³/mol. The molecular formula is C17H15PS. The lowest BCUT2D eigenvalue weighted by molar-refractivity contribution is 1.41. The van der Waals surface area contributed by atoms with E-state index >= 15 is 0 Å². The second-order valence-corrected chi connectivity index (χ2v) is 9.04. The van der Waals surface area contributed by atoms with Crippen LogP contribution in [0.15, 0.2) is 84.2 Å². The number of benzene rings is 2. The Bertz CT molecular complexity index is 625. The van der Waals surface area contributed by atoms with Gasteiger partial charge in [-0.1, -0.05) is 90.7 Å². The summed E-state index contributed by atoms with van der Waals surface area (Å²) < 4.78 is 0. The quantitative estimate of drug-likeness (QED) is 0.768. The molecule has 1 aliphatic rings. The van der Waals surface area contributed by atoms with Crippen molar-refractivity contribution in [3.8, 4) is 0 Å². The van der Waals surface area contributed by atoms with E-state index in [1.54, 1.807) is 0 Å². The summed E-state index contributed by atoms with van der Waals surface area (Å²) in [6.45, 7) is 0. The minimum atomic E-state index is -1.84. The van der Waals surface area contributed by atoms with Gasteiger partial charge in [0.15, 0.2) is 0 Å². The molecule has 19 heavy (non-hydrogen) atoms. The lowest BCUT2D eigenvalue weighted by Crippen LogP contribution is -2.16. The maximum atomic E-state index is 6.20. The third kappa shape index (κ3) is 2.25. The zero-order valence-corrected chi connectivity index (χ0v) is 12.3. The molecule has 0 fully saturated rings. The third-order valence-corrected chi connectivity index (χ3v) is 8.56. The van der Waals surface area contributed by atoms with Crippen molar-refractivity contribution in [1.82, 2.24) is 0 Å². The average molecular weight is 282 g/mol. The number of hydrogen-bond acceptors (Lipinski definition) is 1. The maximum Gasteiger partial charge on any atom is 0.0343 e. The molecule has 0 heterocycles. The molecule has 1 aliphatic carbocycles. The van der Waals surface area contributed by atoms with Gasteiger partial charge < -0.3 is 0 Å². The van der Waals surface area contributed by atoms with Gasteiger partial charge in [0.1, 0.15) is 0 Å². The Morgan fingerprint density at radius 3 is 1.74 bits per heavy atom. The second kappa shape index (κ2) is 5.28. The van der Waals surface area contributed by atoms with Crippen molar-refractivity contribution in [3.05, 3.63) is 84.2 Å². The van der Waals surface area contributed by atoms with Crippen LogP contribution in [0.2, 0.25) is 0 Å². The molecule has 2 aromatic rings. The molecule has 0 aliphatic heterocycles. The van der Waals surface area contributed by atoms with Crippen LogP contribution < -0.4 is 10.6 Å². The van der Waals surface area contributed by atoms with E-state index in [0.29, 0.717) is 0 Å². The van der Waals surface area contributed by atoms with E-state index in [1.165, 1.54) is 15.9 Å². The summed E-state index contributed by atoms with van der Waals surface area (Å²) in [5.41, 5.74) is 0. The van der Waals surface area contributed by atoms with Crippen LogP contribution in [0.1, 0.15) is 6.42 Å². The molecule has 0 unspecified atom stereocenters. The van der Waals surface area contributed by atoms with E-state index in [0.717, 1.165) is 6.42 Å². The van der Waals surface area contributed by atoms with Crippen LogP contribution in [0.4, 0.5) is 0 Å². The van der Waals surface area contributed by atoms with Crippen LogP contribution in [0, 0.1) is 0 Å². The minimum Gasteiger partial charge on any atom is -0.0829 e. The first-order valence-electron chi connectivity index (χ1n) is 6.39. The molecule has 0 saturated heterocycles. The van der Waals surface area contributed by atoms with Crippen LogP contribution >= 0.6 is 6.04 Å². The van der Waals surface area contributed by atoms with Gasteiger partial charge in [-0.15, -0.1) is 0 Å². The zero-order valence-electron chi connectivity index (χ0n) is 10.6. The van der Waals surface area contributed by atoms with Crippen LogP contribution in [-0.2, 0) is 11.8 Å². The molecule has 0 amide bonds. The van der Waals surface area contributed by atoms with Gasteiger partial charge in [0.25, 0.3) is 0 Å². The van der Waals surface area contributed by atoms with Crippen molar-refractivity contribution in [2.24, 2.45) is 0 Å². The highest BCUT2D eigenvalue weighted by molar-refractivity contribution is 8.23. The lowest BCUT2D eigenvalue weighted by atomic mass is 10.4. The SMILES string of the molecule is S=P(C1=CC=CC1)(c1ccccc1)c1ccccc1. The maximum absolute atomic E-state index is 6.20. The molecule has 0 aromatic heterocycles. The summed E-state index contributed by atoms with van der Waals surface area (Å²) in [5, 5.41) is 3.96. The standard InChI is InChI=1S/C17H15PS/c19-18(17-13-7-8-14-17,15-9-3-1-4-10-15)16-11-5-2-6-12-16/h1-13H,14H2. The summed E-state index contributed by atoms with van der Waals surface area (Å²) in [4.78, 5) is 0. The van der Waals surface area contributed by atoms with Crippen LogP contribution in [0.3, 0.4) is 0 Å². The van der Waals surface area contributed by atoms with Gasteiger partial charge >= 0.3 is 0 Å². The molecule has 94 valence electrons. The fourth-order valence-electron chi connectivity index (χ4n) is 2.43. The minimum absolute atomic E-state index is 0.987. The first kappa shape index (κ1) is 12.6. The third-order valence-electron chi connectivity index (χ3n) is 3.40. The van der Waals surface area contributed by atoms with E-state index in [4.69, 9.17) is 11.8 Å². The highest BCUT2D eigenvalue weighted by Gasteiger charge is 2.26. The predicted octanol–water partition coefficient (Wildman–Crippen LogP) is 3.96. The second-order valence-electron chi connectivity index (χ2n) is 4.57. The molecule has 3 rings (SSSR count). The highest BCUT2D eigenvalue weighted by atomic mass is 32.4. The Morgan fingerprint density at radius 1 is 0.789 bits per heavy atom. The Kier molecular flexibility index (Phi) is 3.50. The average Bonchev–Trinajstić information content (AvgIpc) is 3.03. The van der Waals surface area contributed by atoms with Crippen molar-refractivity contribution in [1.29, 1.82) is 0 Å². The molecule has 2 heteroatoms. The Morgan fingerprint density at radius 2 is 1.32 bits per heavy atom. The Labute approximate surface area is 119 Å². The molecule has 0 radical (unpaired) electrons. The van der Waals surface area contributed by atoms with Crippen molar-refractivity contribution >= 4 is 28.5 Å². The summed E-state index contributed by atoms with van der Waals surface area (Å²) in [6.07, 6.45) is 7.52. The lowest BCUT2D eigenvalue weighted by Gasteiger charge is -2.25. The Hall–Kier alpha value is -1.43. The molecule has 0 bridgehead atoms. The smallest absolute Gasteiger partial charge is 0.0343 e. The monoisotopic (exact) mass is 282 g/mol. The van der Waals surface area contributed by atoms with E-state index in [2.05, 4.69) is 78.9 Å². The molecule has 2 aromatic carbocycles. The van der Waals surface area contributed by atoms with Crippen molar-refractivity contribution in [2.75, 3.05) is 0 Å².